The second-order valence-corrected chi connectivity index (χ2v) is 6.63. The normalized spacial score (nSPS) is 23.6. The minimum absolute atomic E-state index is 0.0639. The molecule has 5 nitrogen and oxygen atoms in total. The topological polar surface area (TPSA) is 83.5 Å². The van der Waals surface area contributed by atoms with Crippen LogP contribution in [0.5, 0.6) is 5.75 Å². The summed E-state index contributed by atoms with van der Waals surface area (Å²) in [5.41, 5.74) is -0.563. The summed E-state index contributed by atoms with van der Waals surface area (Å²) in [7, 11) is -3.47. The van der Waals surface area contributed by atoms with E-state index >= 15 is 0 Å². The first-order valence-corrected chi connectivity index (χ1v) is 6.95. The number of fused-ring (bicyclic) bond motifs is 1. The van der Waals surface area contributed by atoms with Crippen LogP contribution in [0, 0.1) is 5.41 Å². The lowest BCUT2D eigenvalue weighted by Crippen LogP contribution is -2.27. The van der Waals surface area contributed by atoms with E-state index < -0.39 is 15.3 Å². The average Bonchev–Trinajstić information content (AvgIpc) is 2.97. The Kier molecular flexibility index (Phi) is 1.87. The highest BCUT2D eigenvalue weighted by Crippen LogP contribution is 2.50. The molecule has 1 aromatic carbocycles. The van der Waals surface area contributed by atoms with Gasteiger partial charge in [-0.2, -0.15) is 0 Å². The molecule has 1 spiro atoms. The summed E-state index contributed by atoms with van der Waals surface area (Å²) in [4.78, 5) is 12.0. The minimum Gasteiger partial charge on any atom is -0.508 e. The van der Waals surface area contributed by atoms with Gasteiger partial charge in [-0.25, -0.2) is 8.42 Å². The summed E-state index contributed by atoms with van der Waals surface area (Å²) in [5.74, 6) is -0.458. The van der Waals surface area contributed by atoms with E-state index in [1.807, 2.05) is 0 Å². The quantitative estimate of drug-likeness (QED) is 0.719. The predicted molar refractivity (Wildman–Crippen MR) is 60.5 cm³/mol. The Balaban J connectivity index is 2.21. The Hall–Kier alpha value is -1.56. The number of phenolic OH excluding ortho intramolecular Hbond substituents is 1. The van der Waals surface area contributed by atoms with Crippen molar-refractivity contribution in [3.05, 3.63) is 18.2 Å². The van der Waals surface area contributed by atoms with Gasteiger partial charge in [-0.15, -0.1) is 0 Å². The summed E-state index contributed by atoms with van der Waals surface area (Å²) >= 11 is 0. The molecule has 0 bridgehead atoms. The van der Waals surface area contributed by atoms with Gasteiger partial charge in [0.05, 0.1) is 21.8 Å². The summed E-state index contributed by atoms with van der Waals surface area (Å²) in [6, 6.07) is 3.92. The van der Waals surface area contributed by atoms with Gasteiger partial charge in [0.25, 0.3) is 0 Å². The van der Waals surface area contributed by atoms with Gasteiger partial charge in [0.15, 0.2) is 9.84 Å². The zero-order valence-corrected chi connectivity index (χ0v) is 9.75. The maximum atomic E-state index is 12.1. The molecule has 6 heteroatoms. The van der Waals surface area contributed by atoms with Crippen LogP contribution in [0.15, 0.2) is 23.1 Å². The molecule has 1 amide bonds. The van der Waals surface area contributed by atoms with Gasteiger partial charge >= 0.3 is 0 Å². The summed E-state index contributed by atoms with van der Waals surface area (Å²) in [6.45, 7) is 0. The molecule has 1 fully saturated rings. The Labute approximate surface area is 98.4 Å². The number of nitrogens with one attached hydrogen (secondary N) is 1. The molecule has 0 radical (unpaired) electrons. The average molecular weight is 253 g/mol. The molecule has 0 saturated heterocycles. The SMILES string of the molecule is O=C1Nc2cc(O)ccc2S(=O)(=O)CC12CC2. The highest BCUT2D eigenvalue weighted by atomic mass is 32.2. The first kappa shape index (κ1) is 10.6. The van der Waals surface area contributed by atoms with Gasteiger partial charge in [0.1, 0.15) is 5.75 Å². The standard InChI is InChI=1S/C11H11NO4S/c13-7-1-2-9-8(5-7)12-10(14)11(3-4-11)6-17(9,15)16/h1-2,5,13H,3-4,6H2,(H,12,14). The molecule has 1 heterocycles. The number of amides is 1. The number of carbonyl (C=O) groups is 1. The predicted octanol–water partition coefficient (Wildman–Crippen LogP) is 0.898. The highest BCUT2D eigenvalue weighted by Gasteiger charge is 2.54. The third-order valence-electron chi connectivity index (χ3n) is 3.35. The van der Waals surface area contributed by atoms with Crippen LogP contribution in [0.4, 0.5) is 5.69 Å². The number of hydrogen-bond acceptors (Lipinski definition) is 4. The number of aromatic hydroxyl groups is 1. The molecule has 1 aliphatic heterocycles. The smallest absolute Gasteiger partial charge is 0.231 e. The molecule has 0 aromatic heterocycles. The molecule has 1 saturated carbocycles. The first-order chi connectivity index (χ1) is 7.93. The van der Waals surface area contributed by atoms with Crippen molar-refractivity contribution in [3.8, 4) is 5.75 Å². The van der Waals surface area contributed by atoms with Crippen molar-refractivity contribution in [2.45, 2.75) is 17.7 Å². The van der Waals surface area contributed by atoms with Crippen LogP contribution >= 0.6 is 0 Å². The second-order valence-electron chi connectivity index (χ2n) is 4.67. The maximum Gasteiger partial charge on any atom is 0.231 e. The molecule has 17 heavy (non-hydrogen) atoms. The zero-order valence-electron chi connectivity index (χ0n) is 8.93. The molecule has 0 unspecified atom stereocenters. The van der Waals surface area contributed by atoms with Crippen LogP contribution in [0.25, 0.3) is 0 Å². The summed E-state index contributed by atoms with van der Waals surface area (Å²) < 4.78 is 24.3. The van der Waals surface area contributed by atoms with Crippen molar-refractivity contribution >= 4 is 21.4 Å². The molecule has 1 aliphatic carbocycles. The van der Waals surface area contributed by atoms with E-state index in [0.717, 1.165) is 0 Å². The maximum absolute atomic E-state index is 12.1. The zero-order chi connectivity index (χ0) is 12.3. The molecular weight excluding hydrogens is 242 g/mol. The lowest BCUT2D eigenvalue weighted by molar-refractivity contribution is -0.120. The third-order valence-corrected chi connectivity index (χ3v) is 5.31. The van der Waals surface area contributed by atoms with Crippen LogP contribution in [0.2, 0.25) is 0 Å². The number of sulfone groups is 1. The van der Waals surface area contributed by atoms with Crippen LogP contribution in [-0.4, -0.2) is 25.2 Å². The number of phenols is 1. The monoisotopic (exact) mass is 253 g/mol. The molecule has 90 valence electrons. The van der Waals surface area contributed by atoms with Gasteiger partial charge in [0, 0.05) is 6.07 Å². The van der Waals surface area contributed by atoms with Crippen LogP contribution < -0.4 is 5.32 Å². The van der Waals surface area contributed by atoms with Crippen molar-refractivity contribution in [2.75, 3.05) is 11.1 Å². The van der Waals surface area contributed by atoms with Crippen molar-refractivity contribution < 1.29 is 18.3 Å². The van der Waals surface area contributed by atoms with Gasteiger partial charge < -0.3 is 10.4 Å². The highest BCUT2D eigenvalue weighted by molar-refractivity contribution is 7.91. The number of hydrogen-bond donors (Lipinski definition) is 2. The van der Waals surface area contributed by atoms with E-state index in [9.17, 15) is 18.3 Å². The van der Waals surface area contributed by atoms with Crippen LogP contribution in [-0.2, 0) is 14.6 Å². The molecule has 1 aromatic rings. The van der Waals surface area contributed by atoms with Gasteiger partial charge in [-0.3, -0.25) is 4.79 Å². The van der Waals surface area contributed by atoms with Crippen molar-refractivity contribution in [1.29, 1.82) is 0 Å². The van der Waals surface area contributed by atoms with Gasteiger partial charge in [0.2, 0.25) is 5.91 Å². The van der Waals surface area contributed by atoms with E-state index in [2.05, 4.69) is 5.32 Å². The third kappa shape index (κ3) is 1.51. The van der Waals surface area contributed by atoms with Crippen molar-refractivity contribution in [3.63, 3.8) is 0 Å². The van der Waals surface area contributed by atoms with Crippen LogP contribution in [0.1, 0.15) is 12.8 Å². The number of anilines is 1. The fourth-order valence-corrected chi connectivity index (χ4v) is 4.19. The van der Waals surface area contributed by atoms with Crippen molar-refractivity contribution in [1.82, 2.24) is 0 Å². The second kappa shape index (κ2) is 3.01. The first-order valence-electron chi connectivity index (χ1n) is 5.30. The molecular formula is C11H11NO4S. The molecule has 0 atom stereocenters. The Bertz CT molecular complexity index is 616. The van der Waals surface area contributed by atoms with E-state index in [0.29, 0.717) is 12.8 Å². The lowest BCUT2D eigenvalue weighted by atomic mass is 10.1. The van der Waals surface area contributed by atoms with Crippen molar-refractivity contribution in [2.24, 2.45) is 5.41 Å². The Morgan fingerprint density at radius 3 is 2.65 bits per heavy atom. The summed E-state index contributed by atoms with van der Waals surface area (Å²) in [6.07, 6.45) is 1.22. The lowest BCUT2D eigenvalue weighted by Gasteiger charge is -2.08. The minimum atomic E-state index is -3.47. The molecule has 3 rings (SSSR count). The summed E-state index contributed by atoms with van der Waals surface area (Å²) in [5, 5.41) is 11.9. The fraction of sp³-hybridized carbons (Fsp3) is 0.364. The Morgan fingerprint density at radius 1 is 1.29 bits per heavy atom. The number of rotatable bonds is 0. The van der Waals surface area contributed by atoms with Crippen LogP contribution in [0.3, 0.4) is 0 Å². The van der Waals surface area contributed by atoms with E-state index in [1.54, 1.807) is 0 Å². The van der Waals surface area contributed by atoms with Gasteiger partial charge in [-0.1, -0.05) is 0 Å². The Morgan fingerprint density at radius 2 is 2.00 bits per heavy atom. The number of benzene rings is 1. The molecule has 2 aliphatic rings. The molecule has 2 N–H and O–H groups in total. The van der Waals surface area contributed by atoms with E-state index in [-0.39, 0.29) is 28.0 Å². The fourth-order valence-electron chi connectivity index (χ4n) is 2.17. The number of carbonyl (C=O) groups excluding carboxylic acids is 1. The van der Waals surface area contributed by atoms with E-state index in [1.165, 1.54) is 18.2 Å². The largest absolute Gasteiger partial charge is 0.508 e. The van der Waals surface area contributed by atoms with Gasteiger partial charge in [-0.05, 0) is 25.0 Å². The van der Waals surface area contributed by atoms with E-state index in [4.69, 9.17) is 0 Å².